The van der Waals surface area contributed by atoms with Crippen LogP contribution in [0.4, 0.5) is 10.1 Å². The van der Waals surface area contributed by atoms with Gasteiger partial charge in [-0.2, -0.15) is 0 Å². The molecule has 0 fully saturated rings. The summed E-state index contributed by atoms with van der Waals surface area (Å²) in [6.45, 7) is -0.485. The number of aliphatic hydroxyl groups excluding tert-OH is 1. The van der Waals surface area contributed by atoms with Gasteiger partial charge in [-0.1, -0.05) is 12.1 Å². The first-order valence-corrected chi connectivity index (χ1v) is 5.92. The molecule has 0 aliphatic carbocycles. The van der Waals surface area contributed by atoms with Gasteiger partial charge in [-0.05, 0) is 12.1 Å². The van der Waals surface area contributed by atoms with Crippen molar-refractivity contribution in [2.45, 2.75) is 0 Å². The van der Waals surface area contributed by atoms with Gasteiger partial charge in [0.25, 0.3) is 0 Å². The maximum Gasteiger partial charge on any atom is 0.237 e. The summed E-state index contributed by atoms with van der Waals surface area (Å²) in [6, 6.07) is 5.57. The average Bonchev–Trinajstić information content (AvgIpc) is 2.17. The summed E-state index contributed by atoms with van der Waals surface area (Å²) in [5.41, 5.74) is -0.0223. The number of rotatable bonds is 4. The van der Waals surface area contributed by atoms with E-state index in [2.05, 4.69) is 0 Å². The van der Waals surface area contributed by atoms with Crippen LogP contribution in [0.5, 0.6) is 0 Å². The van der Waals surface area contributed by atoms with Gasteiger partial charge in [0, 0.05) is 7.05 Å². The first-order chi connectivity index (χ1) is 6.99. The highest BCUT2D eigenvalue weighted by Gasteiger charge is 2.19. The highest BCUT2D eigenvalue weighted by atomic mass is 32.2. The average molecular weight is 233 g/mol. The highest BCUT2D eigenvalue weighted by Crippen LogP contribution is 2.19. The Labute approximate surface area is 88.0 Å². The molecule has 0 saturated carbocycles. The standard InChI is InChI=1S/C9H12FNO3S/c1-11(15(13,14)7-6-12)9-5-3-2-4-8(9)10/h2-5,12H,6-7H2,1H3. The number of sulfonamides is 1. The van der Waals surface area contributed by atoms with Gasteiger partial charge >= 0.3 is 0 Å². The number of benzene rings is 1. The number of para-hydroxylation sites is 1. The molecule has 0 radical (unpaired) electrons. The third-order valence-corrected chi connectivity index (χ3v) is 3.69. The quantitative estimate of drug-likeness (QED) is 0.827. The van der Waals surface area contributed by atoms with Crippen molar-refractivity contribution in [3.63, 3.8) is 0 Å². The topological polar surface area (TPSA) is 57.6 Å². The molecular weight excluding hydrogens is 221 g/mol. The molecule has 0 aromatic heterocycles. The Morgan fingerprint density at radius 3 is 2.53 bits per heavy atom. The van der Waals surface area contributed by atoms with Crippen molar-refractivity contribution in [2.24, 2.45) is 0 Å². The summed E-state index contributed by atoms with van der Waals surface area (Å²) in [6.07, 6.45) is 0. The molecule has 1 rings (SSSR count). The number of hydrogen-bond donors (Lipinski definition) is 1. The molecule has 6 heteroatoms. The molecule has 15 heavy (non-hydrogen) atoms. The van der Waals surface area contributed by atoms with Crippen LogP contribution in [0.3, 0.4) is 0 Å². The van der Waals surface area contributed by atoms with Gasteiger partial charge in [-0.15, -0.1) is 0 Å². The molecule has 1 N–H and O–H groups in total. The van der Waals surface area contributed by atoms with Crippen molar-refractivity contribution in [1.29, 1.82) is 0 Å². The first kappa shape index (κ1) is 11.9. The van der Waals surface area contributed by atoms with Crippen molar-refractivity contribution in [3.05, 3.63) is 30.1 Å². The molecule has 0 heterocycles. The maximum atomic E-state index is 13.2. The van der Waals surface area contributed by atoms with Crippen molar-refractivity contribution < 1.29 is 17.9 Å². The number of anilines is 1. The summed E-state index contributed by atoms with van der Waals surface area (Å²) in [5, 5.41) is 8.57. The third kappa shape index (κ3) is 2.66. The summed E-state index contributed by atoms with van der Waals surface area (Å²) >= 11 is 0. The summed E-state index contributed by atoms with van der Waals surface area (Å²) in [5.74, 6) is -1.03. The zero-order chi connectivity index (χ0) is 11.5. The van der Waals surface area contributed by atoms with E-state index in [4.69, 9.17) is 5.11 Å². The van der Waals surface area contributed by atoms with E-state index in [0.29, 0.717) is 0 Å². The molecule has 0 aliphatic rings. The van der Waals surface area contributed by atoms with E-state index in [1.54, 1.807) is 6.07 Å². The van der Waals surface area contributed by atoms with Crippen LogP contribution in [-0.4, -0.2) is 32.9 Å². The van der Waals surface area contributed by atoms with Gasteiger partial charge in [-0.3, -0.25) is 4.31 Å². The molecule has 0 saturated heterocycles. The summed E-state index contributed by atoms with van der Waals surface area (Å²) in [7, 11) is -2.39. The molecule has 0 bridgehead atoms. The van der Waals surface area contributed by atoms with E-state index >= 15 is 0 Å². The third-order valence-electron chi connectivity index (χ3n) is 1.96. The fraction of sp³-hybridized carbons (Fsp3) is 0.333. The lowest BCUT2D eigenvalue weighted by Crippen LogP contribution is -2.30. The van der Waals surface area contributed by atoms with E-state index in [0.717, 1.165) is 4.31 Å². The molecular formula is C9H12FNO3S. The second-order valence-electron chi connectivity index (χ2n) is 2.96. The van der Waals surface area contributed by atoms with E-state index < -0.39 is 28.2 Å². The van der Waals surface area contributed by atoms with Crippen LogP contribution in [0, 0.1) is 5.82 Å². The number of hydrogen-bond acceptors (Lipinski definition) is 3. The Bertz CT molecular complexity index is 433. The van der Waals surface area contributed by atoms with E-state index in [-0.39, 0.29) is 5.69 Å². The van der Waals surface area contributed by atoms with Gasteiger partial charge in [0.1, 0.15) is 5.82 Å². The molecule has 4 nitrogen and oxygen atoms in total. The van der Waals surface area contributed by atoms with E-state index in [1.165, 1.54) is 25.2 Å². The van der Waals surface area contributed by atoms with Crippen LogP contribution in [0.1, 0.15) is 0 Å². The predicted octanol–water partition coefficient (Wildman–Crippen LogP) is 0.584. The van der Waals surface area contributed by atoms with Crippen LogP contribution < -0.4 is 4.31 Å². The van der Waals surface area contributed by atoms with Crippen molar-refractivity contribution in [2.75, 3.05) is 23.7 Å². The van der Waals surface area contributed by atoms with Crippen molar-refractivity contribution in [1.82, 2.24) is 0 Å². The van der Waals surface area contributed by atoms with Crippen LogP contribution in [0.25, 0.3) is 0 Å². The normalized spacial score (nSPS) is 11.4. The minimum absolute atomic E-state index is 0.0223. The molecule has 0 aliphatic heterocycles. The second-order valence-corrected chi connectivity index (χ2v) is 5.08. The Kier molecular flexibility index (Phi) is 3.65. The van der Waals surface area contributed by atoms with Crippen LogP contribution in [0.2, 0.25) is 0 Å². The zero-order valence-corrected chi connectivity index (χ0v) is 9.04. The second kappa shape index (κ2) is 4.59. The van der Waals surface area contributed by atoms with Crippen LogP contribution in [-0.2, 0) is 10.0 Å². The van der Waals surface area contributed by atoms with Crippen molar-refractivity contribution in [3.8, 4) is 0 Å². The minimum Gasteiger partial charge on any atom is -0.395 e. The molecule has 1 aromatic rings. The largest absolute Gasteiger partial charge is 0.395 e. The van der Waals surface area contributed by atoms with Crippen molar-refractivity contribution >= 4 is 15.7 Å². The SMILES string of the molecule is CN(c1ccccc1F)S(=O)(=O)CCO. The molecule has 1 aromatic carbocycles. The highest BCUT2D eigenvalue weighted by molar-refractivity contribution is 7.92. The Hall–Kier alpha value is -1.14. The molecule has 0 atom stereocenters. The Balaban J connectivity index is 3.05. The minimum atomic E-state index is -3.64. The lowest BCUT2D eigenvalue weighted by molar-refractivity contribution is 0.319. The van der Waals surface area contributed by atoms with Gasteiger partial charge in [0.15, 0.2) is 0 Å². The number of aliphatic hydroxyl groups is 1. The van der Waals surface area contributed by atoms with Gasteiger partial charge in [0.2, 0.25) is 10.0 Å². The van der Waals surface area contributed by atoms with Gasteiger partial charge < -0.3 is 5.11 Å². The van der Waals surface area contributed by atoms with Gasteiger partial charge in [0.05, 0.1) is 18.0 Å². The van der Waals surface area contributed by atoms with Crippen LogP contribution >= 0.6 is 0 Å². The lowest BCUT2D eigenvalue weighted by Gasteiger charge is -2.19. The monoisotopic (exact) mass is 233 g/mol. The van der Waals surface area contributed by atoms with Gasteiger partial charge in [-0.25, -0.2) is 12.8 Å². The first-order valence-electron chi connectivity index (χ1n) is 4.31. The summed E-state index contributed by atoms with van der Waals surface area (Å²) < 4.78 is 37.0. The lowest BCUT2D eigenvalue weighted by atomic mass is 10.3. The summed E-state index contributed by atoms with van der Waals surface area (Å²) in [4.78, 5) is 0. The van der Waals surface area contributed by atoms with Crippen LogP contribution in [0.15, 0.2) is 24.3 Å². The van der Waals surface area contributed by atoms with E-state index in [1.807, 2.05) is 0 Å². The smallest absolute Gasteiger partial charge is 0.237 e. The zero-order valence-electron chi connectivity index (χ0n) is 8.22. The predicted molar refractivity (Wildman–Crippen MR) is 55.7 cm³/mol. The molecule has 0 unspecified atom stereocenters. The van der Waals surface area contributed by atoms with E-state index in [9.17, 15) is 12.8 Å². The molecule has 0 amide bonds. The number of nitrogens with zero attached hydrogens (tertiary/aromatic N) is 1. The molecule has 84 valence electrons. The Morgan fingerprint density at radius 1 is 1.40 bits per heavy atom. The fourth-order valence-corrected chi connectivity index (χ4v) is 2.06. The maximum absolute atomic E-state index is 13.2. The number of halogens is 1. The molecule has 0 spiro atoms. The fourth-order valence-electron chi connectivity index (χ4n) is 1.11. The Morgan fingerprint density at radius 2 is 2.00 bits per heavy atom.